The molecule has 1 rings (SSSR count). The third kappa shape index (κ3) is 1.88. The highest BCUT2D eigenvalue weighted by molar-refractivity contribution is 7.07. The van der Waals surface area contributed by atoms with Crippen LogP contribution in [0.15, 0.2) is 10.9 Å². The molecule has 0 aliphatic carbocycles. The lowest BCUT2D eigenvalue weighted by atomic mass is 10.5. The number of hydrogen-bond acceptors (Lipinski definition) is 3. The maximum Gasteiger partial charge on any atom is 0.293 e. The van der Waals surface area contributed by atoms with Crippen molar-refractivity contribution in [1.29, 1.82) is 0 Å². The van der Waals surface area contributed by atoms with Crippen LogP contribution in [0.4, 0.5) is 0 Å². The van der Waals surface area contributed by atoms with Crippen molar-refractivity contribution in [2.75, 3.05) is 0 Å². The second kappa shape index (κ2) is 2.99. The van der Waals surface area contributed by atoms with E-state index in [0.29, 0.717) is 5.69 Å². The number of nitrogens with zero attached hydrogens (tertiary/aromatic N) is 1. The zero-order valence-electron chi connectivity index (χ0n) is 5.00. The quantitative estimate of drug-likeness (QED) is 0.531. The molecule has 10 heavy (non-hydrogen) atoms. The standard InChI is InChI=1S/C6H4N2OS/c7-6(9)2-1-5-3-10-4-8-5/h3-4H,(H2,7,9). The topological polar surface area (TPSA) is 56.0 Å². The van der Waals surface area contributed by atoms with Gasteiger partial charge in [0.15, 0.2) is 0 Å². The van der Waals surface area contributed by atoms with Crippen LogP contribution in [0.25, 0.3) is 0 Å². The number of aromatic nitrogens is 1. The second-order valence-electron chi connectivity index (χ2n) is 1.49. The summed E-state index contributed by atoms with van der Waals surface area (Å²) in [5.41, 5.74) is 7.00. The first-order valence-corrected chi connectivity index (χ1v) is 3.43. The van der Waals surface area contributed by atoms with Gasteiger partial charge in [-0.2, -0.15) is 0 Å². The molecule has 0 aliphatic rings. The summed E-state index contributed by atoms with van der Waals surface area (Å²) in [6.45, 7) is 0. The van der Waals surface area contributed by atoms with Crippen LogP contribution in [0, 0.1) is 11.8 Å². The van der Waals surface area contributed by atoms with Crippen LogP contribution in [-0.4, -0.2) is 10.9 Å². The Bertz CT molecular complexity index is 280. The summed E-state index contributed by atoms with van der Waals surface area (Å²) in [5, 5.41) is 1.75. The Hall–Kier alpha value is -1.34. The average Bonchev–Trinajstić information content (AvgIpc) is 2.34. The molecule has 0 saturated heterocycles. The fourth-order valence-corrected chi connectivity index (χ4v) is 0.884. The number of primary amides is 1. The second-order valence-corrected chi connectivity index (χ2v) is 2.21. The first-order valence-electron chi connectivity index (χ1n) is 2.48. The van der Waals surface area contributed by atoms with Crippen molar-refractivity contribution in [2.45, 2.75) is 0 Å². The van der Waals surface area contributed by atoms with Crippen LogP contribution < -0.4 is 5.73 Å². The fraction of sp³-hybridized carbons (Fsp3) is 0. The van der Waals surface area contributed by atoms with Crippen molar-refractivity contribution in [3.63, 3.8) is 0 Å². The van der Waals surface area contributed by atoms with Crippen molar-refractivity contribution >= 4 is 17.2 Å². The molecule has 0 radical (unpaired) electrons. The van der Waals surface area contributed by atoms with E-state index in [1.807, 2.05) is 0 Å². The zero-order chi connectivity index (χ0) is 7.40. The Morgan fingerprint density at radius 2 is 2.60 bits per heavy atom. The lowest BCUT2D eigenvalue weighted by Gasteiger charge is -1.72. The van der Waals surface area contributed by atoms with Crippen LogP contribution in [0.1, 0.15) is 5.69 Å². The van der Waals surface area contributed by atoms with Gasteiger partial charge >= 0.3 is 0 Å². The van der Waals surface area contributed by atoms with E-state index in [1.165, 1.54) is 11.3 Å². The number of nitrogens with two attached hydrogens (primary N) is 1. The van der Waals surface area contributed by atoms with Gasteiger partial charge in [0.2, 0.25) is 0 Å². The van der Waals surface area contributed by atoms with E-state index in [0.717, 1.165) is 0 Å². The van der Waals surface area contributed by atoms with E-state index in [1.54, 1.807) is 10.9 Å². The van der Waals surface area contributed by atoms with Gasteiger partial charge in [-0.1, -0.05) is 0 Å². The number of thiazole rings is 1. The molecule has 1 heterocycles. The third-order valence-corrected chi connectivity index (χ3v) is 1.33. The summed E-state index contributed by atoms with van der Waals surface area (Å²) >= 11 is 1.43. The van der Waals surface area contributed by atoms with Gasteiger partial charge < -0.3 is 5.73 Å². The smallest absolute Gasteiger partial charge is 0.293 e. The van der Waals surface area contributed by atoms with E-state index < -0.39 is 5.91 Å². The summed E-state index contributed by atoms with van der Waals surface area (Å²) in [6.07, 6.45) is 0. The minimum absolute atomic E-state index is 0.587. The molecule has 0 saturated carbocycles. The number of amides is 1. The highest BCUT2D eigenvalue weighted by atomic mass is 32.1. The molecule has 3 nitrogen and oxygen atoms in total. The van der Waals surface area contributed by atoms with Gasteiger partial charge in [-0.05, 0) is 5.92 Å². The van der Waals surface area contributed by atoms with Crippen LogP contribution in [-0.2, 0) is 4.79 Å². The molecule has 1 aromatic rings. The Balaban J connectivity index is 2.75. The number of carbonyl (C=O) groups is 1. The van der Waals surface area contributed by atoms with Crippen molar-refractivity contribution in [1.82, 2.24) is 4.98 Å². The van der Waals surface area contributed by atoms with Gasteiger partial charge in [0.05, 0.1) is 5.51 Å². The van der Waals surface area contributed by atoms with Crippen molar-refractivity contribution in [3.8, 4) is 11.8 Å². The molecule has 0 unspecified atom stereocenters. The number of hydrogen-bond donors (Lipinski definition) is 1. The monoisotopic (exact) mass is 152 g/mol. The molecule has 0 spiro atoms. The Morgan fingerprint density at radius 1 is 1.80 bits per heavy atom. The van der Waals surface area contributed by atoms with E-state index in [9.17, 15) is 4.79 Å². The van der Waals surface area contributed by atoms with Gasteiger partial charge in [-0.25, -0.2) is 4.98 Å². The maximum atomic E-state index is 10.1. The molecule has 4 heteroatoms. The summed E-state index contributed by atoms with van der Waals surface area (Å²) in [7, 11) is 0. The molecule has 0 bridgehead atoms. The van der Waals surface area contributed by atoms with Gasteiger partial charge in [0.1, 0.15) is 5.69 Å². The molecule has 0 fully saturated rings. The first-order chi connectivity index (χ1) is 4.79. The van der Waals surface area contributed by atoms with Gasteiger partial charge in [0, 0.05) is 11.3 Å². The maximum absolute atomic E-state index is 10.1. The van der Waals surface area contributed by atoms with Crippen molar-refractivity contribution in [3.05, 3.63) is 16.6 Å². The van der Waals surface area contributed by atoms with Gasteiger partial charge in [-0.3, -0.25) is 4.79 Å². The van der Waals surface area contributed by atoms with Gasteiger partial charge in [-0.15, -0.1) is 11.3 Å². The van der Waals surface area contributed by atoms with Crippen LogP contribution in [0.3, 0.4) is 0 Å². The Labute approximate surface area is 61.9 Å². The highest BCUT2D eigenvalue weighted by Gasteiger charge is 1.86. The summed E-state index contributed by atoms with van der Waals surface area (Å²) < 4.78 is 0. The number of rotatable bonds is 0. The predicted octanol–water partition coefficient (Wildman–Crippen LogP) is -0.0201. The summed E-state index contributed by atoms with van der Waals surface area (Å²) in [6, 6.07) is 0. The van der Waals surface area contributed by atoms with Gasteiger partial charge in [0.25, 0.3) is 5.91 Å². The van der Waals surface area contributed by atoms with E-state index in [4.69, 9.17) is 5.73 Å². The van der Waals surface area contributed by atoms with Crippen molar-refractivity contribution < 1.29 is 4.79 Å². The molecule has 1 amide bonds. The molecular formula is C6H4N2OS. The minimum Gasteiger partial charge on any atom is -0.359 e. The molecule has 50 valence electrons. The number of carbonyl (C=O) groups excluding carboxylic acids is 1. The van der Waals surface area contributed by atoms with Crippen LogP contribution in [0.5, 0.6) is 0 Å². The summed E-state index contributed by atoms with van der Waals surface area (Å²) in [4.78, 5) is 13.9. The van der Waals surface area contributed by atoms with E-state index in [2.05, 4.69) is 16.8 Å². The molecule has 2 N–H and O–H groups in total. The highest BCUT2D eigenvalue weighted by Crippen LogP contribution is 1.97. The zero-order valence-corrected chi connectivity index (χ0v) is 5.81. The third-order valence-electron chi connectivity index (χ3n) is 0.746. The van der Waals surface area contributed by atoms with E-state index >= 15 is 0 Å². The first kappa shape index (κ1) is 6.78. The molecular weight excluding hydrogens is 148 g/mol. The lowest BCUT2D eigenvalue weighted by molar-refractivity contribution is -0.112. The minimum atomic E-state index is -0.631. The lowest BCUT2D eigenvalue weighted by Crippen LogP contribution is -2.06. The summed E-state index contributed by atoms with van der Waals surface area (Å²) in [5.74, 6) is 4.05. The Morgan fingerprint density at radius 3 is 3.10 bits per heavy atom. The largest absolute Gasteiger partial charge is 0.359 e. The Kier molecular flexibility index (Phi) is 2.03. The van der Waals surface area contributed by atoms with Crippen LogP contribution in [0.2, 0.25) is 0 Å². The molecule has 0 aromatic carbocycles. The van der Waals surface area contributed by atoms with E-state index in [-0.39, 0.29) is 0 Å². The average molecular weight is 152 g/mol. The van der Waals surface area contributed by atoms with Crippen molar-refractivity contribution in [2.24, 2.45) is 5.73 Å². The predicted molar refractivity (Wildman–Crippen MR) is 38.2 cm³/mol. The normalized spacial score (nSPS) is 8.00. The fourth-order valence-electron chi connectivity index (χ4n) is 0.400. The molecule has 0 atom stereocenters. The van der Waals surface area contributed by atoms with Crippen LogP contribution >= 0.6 is 11.3 Å². The molecule has 1 aromatic heterocycles. The SMILES string of the molecule is NC(=O)C#Cc1cscn1. The molecule has 0 aliphatic heterocycles.